The number of aromatic nitrogens is 1. The lowest BCUT2D eigenvalue weighted by atomic mass is 10.1. The number of thiazole rings is 1. The second-order valence-corrected chi connectivity index (χ2v) is 7.87. The van der Waals surface area contributed by atoms with Crippen LogP contribution < -0.4 is 10.6 Å². The molecule has 5 nitrogen and oxygen atoms in total. The van der Waals surface area contributed by atoms with Gasteiger partial charge in [0.15, 0.2) is 5.13 Å². The fourth-order valence-electron chi connectivity index (χ4n) is 2.39. The molecule has 28 heavy (non-hydrogen) atoms. The van der Waals surface area contributed by atoms with Crippen LogP contribution in [0.25, 0.3) is 11.3 Å². The largest absolute Gasteiger partial charge is 0.326 e. The van der Waals surface area contributed by atoms with Gasteiger partial charge in [-0.05, 0) is 24.3 Å². The highest BCUT2D eigenvalue weighted by molar-refractivity contribution is 7.99. The van der Waals surface area contributed by atoms with E-state index in [2.05, 4.69) is 15.6 Å². The maximum absolute atomic E-state index is 13.6. The smallest absolute Gasteiger partial charge is 0.226 e. The summed E-state index contributed by atoms with van der Waals surface area (Å²) in [5, 5.41) is 7.86. The molecular formula is C20H18FN3O2S2. The lowest BCUT2D eigenvalue weighted by Crippen LogP contribution is -2.12. The molecule has 0 aliphatic carbocycles. The van der Waals surface area contributed by atoms with E-state index in [1.165, 1.54) is 36.1 Å². The minimum absolute atomic E-state index is 0.125. The molecule has 0 atom stereocenters. The molecule has 8 heteroatoms. The van der Waals surface area contributed by atoms with Gasteiger partial charge in [0, 0.05) is 40.6 Å². The topological polar surface area (TPSA) is 71.1 Å². The maximum atomic E-state index is 13.6. The molecule has 1 heterocycles. The first-order valence-corrected chi connectivity index (χ1v) is 10.4. The van der Waals surface area contributed by atoms with Crippen molar-refractivity contribution in [2.45, 2.75) is 18.2 Å². The fourth-order valence-corrected chi connectivity index (χ4v) is 4.01. The quantitative estimate of drug-likeness (QED) is 0.531. The highest BCUT2D eigenvalue weighted by atomic mass is 32.2. The van der Waals surface area contributed by atoms with E-state index >= 15 is 0 Å². The standard InChI is InChI=1S/C20H18FN3O2S2/c1-13(25)22-15-8-6-14(7-9-15)17-12-28-20(23-17)24-19(26)10-11-27-18-5-3-2-4-16(18)21/h2-9,12H,10-11H2,1H3,(H,22,25)(H,23,24,26). The van der Waals surface area contributed by atoms with Crippen LogP contribution in [0.5, 0.6) is 0 Å². The number of nitrogens with zero attached hydrogens (tertiary/aromatic N) is 1. The van der Waals surface area contributed by atoms with Gasteiger partial charge >= 0.3 is 0 Å². The molecule has 2 N–H and O–H groups in total. The minimum atomic E-state index is -0.276. The predicted molar refractivity (Wildman–Crippen MR) is 112 cm³/mol. The van der Waals surface area contributed by atoms with Gasteiger partial charge < -0.3 is 10.6 Å². The van der Waals surface area contributed by atoms with Crippen LogP contribution in [0.4, 0.5) is 15.2 Å². The Kier molecular flexibility index (Phi) is 6.78. The third kappa shape index (κ3) is 5.64. The van der Waals surface area contributed by atoms with E-state index < -0.39 is 0 Å². The lowest BCUT2D eigenvalue weighted by Gasteiger charge is -2.04. The molecule has 0 unspecified atom stereocenters. The average molecular weight is 416 g/mol. The molecule has 2 aromatic carbocycles. The zero-order valence-corrected chi connectivity index (χ0v) is 16.7. The average Bonchev–Trinajstić information content (AvgIpc) is 3.12. The third-order valence-corrected chi connectivity index (χ3v) is 5.48. The molecule has 0 fully saturated rings. The van der Waals surface area contributed by atoms with Crippen LogP contribution >= 0.6 is 23.1 Å². The minimum Gasteiger partial charge on any atom is -0.326 e. The van der Waals surface area contributed by atoms with E-state index in [4.69, 9.17) is 0 Å². The number of hydrogen-bond donors (Lipinski definition) is 2. The fraction of sp³-hybridized carbons (Fsp3) is 0.150. The van der Waals surface area contributed by atoms with Crippen LogP contribution in [-0.2, 0) is 9.59 Å². The molecule has 1 aromatic heterocycles. The Morgan fingerprint density at radius 3 is 2.57 bits per heavy atom. The van der Waals surface area contributed by atoms with Crippen molar-refractivity contribution in [3.63, 3.8) is 0 Å². The number of thioether (sulfide) groups is 1. The van der Waals surface area contributed by atoms with Crippen molar-refractivity contribution < 1.29 is 14.0 Å². The summed E-state index contributed by atoms with van der Waals surface area (Å²) in [5.74, 6) is -0.0809. The summed E-state index contributed by atoms with van der Waals surface area (Å²) in [6.45, 7) is 1.46. The normalized spacial score (nSPS) is 10.5. The van der Waals surface area contributed by atoms with Crippen molar-refractivity contribution in [1.82, 2.24) is 4.98 Å². The number of carbonyl (C=O) groups is 2. The van der Waals surface area contributed by atoms with Gasteiger partial charge in [0.1, 0.15) is 5.82 Å². The molecule has 144 valence electrons. The molecule has 0 saturated heterocycles. The summed E-state index contributed by atoms with van der Waals surface area (Å²) < 4.78 is 13.6. The Morgan fingerprint density at radius 2 is 1.86 bits per heavy atom. The first-order valence-electron chi connectivity index (χ1n) is 8.52. The highest BCUT2D eigenvalue weighted by Crippen LogP contribution is 2.26. The second kappa shape index (κ2) is 9.48. The lowest BCUT2D eigenvalue weighted by molar-refractivity contribution is -0.116. The zero-order valence-electron chi connectivity index (χ0n) is 15.1. The van der Waals surface area contributed by atoms with Crippen LogP contribution in [0, 0.1) is 5.82 Å². The van der Waals surface area contributed by atoms with E-state index in [0.717, 1.165) is 11.3 Å². The molecule has 3 rings (SSSR count). The Balaban J connectivity index is 1.51. The number of anilines is 2. The first-order chi connectivity index (χ1) is 13.5. The summed E-state index contributed by atoms with van der Waals surface area (Å²) in [6, 6.07) is 13.8. The van der Waals surface area contributed by atoms with Crippen molar-refractivity contribution in [2.24, 2.45) is 0 Å². The van der Waals surface area contributed by atoms with Gasteiger partial charge in [0.05, 0.1) is 5.69 Å². The molecule has 0 spiro atoms. The van der Waals surface area contributed by atoms with Crippen LogP contribution in [0.15, 0.2) is 58.8 Å². The van der Waals surface area contributed by atoms with Crippen molar-refractivity contribution in [1.29, 1.82) is 0 Å². The molecule has 0 bridgehead atoms. The number of hydrogen-bond acceptors (Lipinski definition) is 5. The summed E-state index contributed by atoms with van der Waals surface area (Å²) in [5.41, 5.74) is 2.35. The van der Waals surface area contributed by atoms with Gasteiger partial charge in [0.2, 0.25) is 11.8 Å². The van der Waals surface area contributed by atoms with Crippen molar-refractivity contribution in [3.05, 3.63) is 59.7 Å². The first kappa shape index (κ1) is 20.0. The number of benzene rings is 2. The molecule has 3 aromatic rings. The van der Waals surface area contributed by atoms with E-state index in [-0.39, 0.29) is 24.1 Å². The molecule has 0 radical (unpaired) electrons. The number of carbonyl (C=O) groups excluding carboxylic acids is 2. The Bertz CT molecular complexity index is 974. The highest BCUT2D eigenvalue weighted by Gasteiger charge is 2.09. The van der Waals surface area contributed by atoms with Crippen molar-refractivity contribution in [2.75, 3.05) is 16.4 Å². The zero-order chi connectivity index (χ0) is 19.9. The monoisotopic (exact) mass is 415 g/mol. The molecule has 0 aliphatic heterocycles. The second-order valence-electron chi connectivity index (χ2n) is 5.87. The number of halogens is 1. The molecule has 0 saturated carbocycles. The van der Waals surface area contributed by atoms with Crippen molar-refractivity contribution in [3.8, 4) is 11.3 Å². The molecule has 2 amide bonds. The predicted octanol–water partition coefficient (Wildman–Crippen LogP) is 5.03. The van der Waals surface area contributed by atoms with Gasteiger partial charge in [-0.15, -0.1) is 23.1 Å². The molecule has 0 aliphatic rings. The van der Waals surface area contributed by atoms with Gasteiger partial charge in [-0.25, -0.2) is 9.37 Å². The van der Waals surface area contributed by atoms with E-state index in [0.29, 0.717) is 21.5 Å². The van der Waals surface area contributed by atoms with Gasteiger partial charge in [-0.1, -0.05) is 24.3 Å². The van der Waals surface area contributed by atoms with Crippen molar-refractivity contribution >= 4 is 45.7 Å². The number of rotatable bonds is 7. The Morgan fingerprint density at radius 1 is 1.11 bits per heavy atom. The SMILES string of the molecule is CC(=O)Nc1ccc(-c2csc(NC(=O)CCSc3ccccc3F)n2)cc1. The Hall–Kier alpha value is -2.71. The summed E-state index contributed by atoms with van der Waals surface area (Å²) in [4.78, 5) is 28.1. The summed E-state index contributed by atoms with van der Waals surface area (Å²) in [6.07, 6.45) is 0.263. The third-order valence-electron chi connectivity index (χ3n) is 3.67. The summed E-state index contributed by atoms with van der Waals surface area (Å²) >= 11 is 2.65. The number of nitrogens with one attached hydrogen (secondary N) is 2. The van der Waals surface area contributed by atoms with Gasteiger partial charge in [0.25, 0.3) is 0 Å². The molecular weight excluding hydrogens is 397 g/mol. The maximum Gasteiger partial charge on any atom is 0.226 e. The Labute approximate surface area is 170 Å². The van der Waals surface area contributed by atoms with Crippen LogP contribution in [0.2, 0.25) is 0 Å². The van der Waals surface area contributed by atoms with Crippen LogP contribution in [-0.4, -0.2) is 22.6 Å². The summed E-state index contributed by atoms with van der Waals surface area (Å²) in [7, 11) is 0. The van der Waals surface area contributed by atoms with Gasteiger partial charge in [-0.3, -0.25) is 9.59 Å². The number of amides is 2. The van der Waals surface area contributed by atoms with E-state index in [9.17, 15) is 14.0 Å². The van der Waals surface area contributed by atoms with E-state index in [1.54, 1.807) is 30.3 Å². The van der Waals surface area contributed by atoms with Crippen LogP contribution in [0.1, 0.15) is 13.3 Å². The van der Waals surface area contributed by atoms with Crippen LogP contribution in [0.3, 0.4) is 0 Å². The van der Waals surface area contributed by atoms with E-state index in [1.807, 2.05) is 17.5 Å². The van der Waals surface area contributed by atoms with Gasteiger partial charge in [-0.2, -0.15) is 0 Å².